The van der Waals surface area contributed by atoms with Gasteiger partial charge in [-0.25, -0.2) is 0 Å². The van der Waals surface area contributed by atoms with E-state index in [9.17, 15) is 0 Å². The van der Waals surface area contributed by atoms with Crippen LogP contribution in [0.3, 0.4) is 0 Å². The van der Waals surface area contributed by atoms with Gasteiger partial charge < -0.3 is 0 Å². The van der Waals surface area contributed by atoms with Gasteiger partial charge in [-0.1, -0.05) is 0 Å². The molecule has 0 atom stereocenters. The zero-order valence-electron chi connectivity index (χ0n) is 29.4. The van der Waals surface area contributed by atoms with Gasteiger partial charge >= 0.3 is 255 Å². The van der Waals surface area contributed by atoms with Crippen LogP contribution in [0.15, 0.2) is 0 Å². The summed E-state index contributed by atoms with van der Waals surface area (Å²) < 4.78 is 29.6. The molecule has 0 radical (unpaired) electrons. The molecule has 0 aromatic rings. The first-order valence-corrected chi connectivity index (χ1v) is 24.0. The van der Waals surface area contributed by atoms with Crippen molar-refractivity contribution >= 4 is 16.6 Å². The summed E-state index contributed by atoms with van der Waals surface area (Å²) in [6, 6.07) is 6.85. The standard InChI is InChI=1S/2C12H27OSi.2C4H9O.Ti/c2*1-10(2)7-14(13,8-11(3)4)9-12(5)6;2*1-4(2)3-5;/h2*10-12H,7-9H2,1-6H3;2*4H,3H2,1-2H3;/q4*-1;+4. The Balaban J connectivity index is 7.23. The summed E-state index contributed by atoms with van der Waals surface area (Å²) in [5.41, 5.74) is 0. The van der Waals surface area contributed by atoms with Gasteiger partial charge in [-0.3, -0.25) is 0 Å². The molecule has 0 aromatic heterocycles. The first kappa shape index (κ1) is 40.0. The van der Waals surface area contributed by atoms with E-state index in [-0.39, 0.29) is 0 Å². The van der Waals surface area contributed by atoms with Crippen LogP contribution in [0.25, 0.3) is 0 Å². The molecule has 0 bridgehead atoms. The molecule has 0 saturated carbocycles. The topological polar surface area (TPSA) is 36.9 Å². The van der Waals surface area contributed by atoms with E-state index in [1.165, 1.54) is 0 Å². The molecule has 0 heterocycles. The molecule has 0 saturated heterocycles. The van der Waals surface area contributed by atoms with Crippen molar-refractivity contribution in [1.82, 2.24) is 0 Å². The third-order valence-electron chi connectivity index (χ3n) is 6.55. The molecule has 7 heteroatoms. The monoisotopic (exact) mass is 624 g/mol. The van der Waals surface area contributed by atoms with Gasteiger partial charge in [-0.2, -0.15) is 0 Å². The zero-order chi connectivity index (χ0) is 30.6. The molecule has 0 spiro atoms. The van der Waals surface area contributed by atoms with Gasteiger partial charge in [0.25, 0.3) is 0 Å². The second-order valence-electron chi connectivity index (χ2n) is 16.1. The van der Waals surface area contributed by atoms with Crippen molar-refractivity contribution in [1.29, 1.82) is 0 Å². The molecule has 0 aliphatic heterocycles. The summed E-state index contributed by atoms with van der Waals surface area (Å²) in [4.78, 5) is 0. The Hall–Kier alpha value is 0.988. The molecule has 39 heavy (non-hydrogen) atoms. The van der Waals surface area contributed by atoms with Gasteiger partial charge in [0, 0.05) is 0 Å². The van der Waals surface area contributed by atoms with Crippen LogP contribution in [0.2, 0.25) is 36.3 Å². The predicted octanol–water partition coefficient (Wildman–Crippen LogP) is 11.0. The van der Waals surface area contributed by atoms with Crippen LogP contribution in [-0.4, -0.2) is 29.8 Å². The quantitative estimate of drug-likeness (QED) is 0.112. The Bertz CT molecular complexity index is 529. The summed E-state index contributed by atoms with van der Waals surface area (Å²) in [6.45, 7) is 38.6. The van der Waals surface area contributed by atoms with Crippen LogP contribution in [0.5, 0.6) is 0 Å². The van der Waals surface area contributed by atoms with Gasteiger partial charge in [0.1, 0.15) is 0 Å². The predicted molar refractivity (Wildman–Crippen MR) is 173 cm³/mol. The molecule has 0 aliphatic carbocycles. The van der Waals surface area contributed by atoms with E-state index in [1.54, 1.807) is 0 Å². The molecular formula is C32H72O4Si2Ti. The molecule has 0 fully saturated rings. The third kappa shape index (κ3) is 17.6. The molecule has 0 N–H and O–H groups in total. The summed E-state index contributed by atoms with van der Waals surface area (Å²) in [5.74, 6) is 4.26. The Labute approximate surface area is 254 Å². The fourth-order valence-corrected chi connectivity index (χ4v) is 29.2. The maximum absolute atomic E-state index is 7.75. The molecule has 0 aliphatic rings. The van der Waals surface area contributed by atoms with E-state index >= 15 is 0 Å². The van der Waals surface area contributed by atoms with E-state index in [1.807, 2.05) is 0 Å². The van der Waals surface area contributed by atoms with E-state index in [0.717, 1.165) is 36.3 Å². The van der Waals surface area contributed by atoms with Crippen LogP contribution >= 0.6 is 0 Å². The van der Waals surface area contributed by atoms with Crippen molar-refractivity contribution in [2.24, 2.45) is 47.3 Å². The van der Waals surface area contributed by atoms with Crippen molar-refractivity contribution in [2.45, 2.75) is 147 Å². The summed E-state index contributed by atoms with van der Waals surface area (Å²) in [6.07, 6.45) is 0. The van der Waals surface area contributed by atoms with E-state index < -0.39 is 34.8 Å². The summed E-state index contributed by atoms with van der Waals surface area (Å²) >= 11 is -4.18. The second-order valence-corrected chi connectivity index (χ2v) is 28.0. The van der Waals surface area contributed by atoms with Crippen LogP contribution < -0.4 is 0 Å². The Morgan fingerprint density at radius 2 is 0.564 bits per heavy atom. The molecule has 236 valence electrons. The number of hydrogen-bond donors (Lipinski definition) is 0. The Morgan fingerprint density at radius 1 is 0.359 bits per heavy atom. The first-order chi connectivity index (χ1) is 17.7. The van der Waals surface area contributed by atoms with E-state index in [0.29, 0.717) is 60.6 Å². The molecule has 0 rings (SSSR count). The fraction of sp³-hybridized carbons (Fsp3) is 1.00. The number of rotatable bonds is 22. The summed E-state index contributed by atoms with van der Waals surface area (Å²) in [7, 11) is -4.51. The van der Waals surface area contributed by atoms with E-state index in [2.05, 4.69) is 111 Å². The third-order valence-corrected chi connectivity index (χ3v) is 25.3. The van der Waals surface area contributed by atoms with Gasteiger partial charge in [0.2, 0.25) is 0 Å². The Kier molecular flexibility index (Phi) is 19.1. The minimum atomic E-state index is -4.18. The van der Waals surface area contributed by atoms with Crippen LogP contribution in [-0.2, 0) is 30.8 Å². The number of hydrogen-bond acceptors (Lipinski definition) is 4. The molecule has 0 amide bonds. The fourth-order valence-electron chi connectivity index (χ4n) is 6.46. The van der Waals surface area contributed by atoms with Gasteiger partial charge in [0.05, 0.1) is 0 Å². The normalized spacial score (nSPS) is 14.2. The van der Waals surface area contributed by atoms with Crippen LogP contribution in [0, 0.1) is 47.3 Å². The average molecular weight is 625 g/mol. The molecule has 0 unspecified atom stereocenters. The second kappa shape index (κ2) is 18.6. The van der Waals surface area contributed by atoms with Crippen molar-refractivity contribution in [3.63, 3.8) is 0 Å². The average Bonchev–Trinajstić information content (AvgIpc) is 2.67. The molecular weight excluding hydrogens is 552 g/mol. The van der Waals surface area contributed by atoms with Gasteiger partial charge in [-0.05, 0) is 0 Å². The van der Waals surface area contributed by atoms with Crippen molar-refractivity contribution in [3.05, 3.63) is 0 Å². The van der Waals surface area contributed by atoms with Gasteiger partial charge in [0.15, 0.2) is 0 Å². The summed E-state index contributed by atoms with van der Waals surface area (Å²) in [5, 5.41) is 0. The van der Waals surface area contributed by atoms with Crippen molar-refractivity contribution < 1.29 is 30.8 Å². The van der Waals surface area contributed by atoms with Crippen molar-refractivity contribution in [2.75, 3.05) is 13.2 Å². The Morgan fingerprint density at radius 3 is 0.718 bits per heavy atom. The first-order valence-electron chi connectivity index (χ1n) is 16.4. The van der Waals surface area contributed by atoms with Crippen LogP contribution in [0.4, 0.5) is 0 Å². The molecule has 4 nitrogen and oxygen atoms in total. The van der Waals surface area contributed by atoms with Crippen LogP contribution in [0.1, 0.15) is 111 Å². The minimum absolute atomic E-state index is 0.401. The molecule has 0 aromatic carbocycles. The maximum atomic E-state index is 7.75. The SMILES string of the molecule is CC(C)C[O][Ti]([O]CC(C)C)([O][Si](CC(C)C)(CC(C)C)CC(C)C)[O][Si](CC(C)C)(CC(C)C)CC(C)C. The van der Waals surface area contributed by atoms with Gasteiger partial charge in [-0.15, -0.1) is 0 Å². The van der Waals surface area contributed by atoms with E-state index in [4.69, 9.17) is 12.7 Å². The van der Waals surface area contributed by atoms with Crippen molar-refractivity contribution in [3.8, 4) is 0 Å². The zero-order valence-corrected chi connectivity index (χ0v) is 33.0.